The topological polar surface area (TPSA) is 59.1 Å². The Morgan fingerprint density at radius 3 is 2.24 bits per heavy atom. The number of anilines is 1. The largest absolute Gasteiger partial charge is 0.366 e. The number of sulfone groups is 1. The van der Waals surface area contributed by atoms with Gasteiger partial charge in [0.25, 0.3) is 0 Å². The van der Waals surface area contributed by atoms with Gasteiger partial charge in [0.05, 0.1) is 10.6 Å². The summed E-state index contributed by atoms with van der Waals surface area (Å²) in [5.41, 5.74) is 3.94. The van der Waals surface area contributed by atoms with Crippen LogP contribution in [0.15, 0.2) is 71.6 Å². The molecule has 1 heterocycles. The summed E-state index contributed by atoms with van der Waals surface area (Å²) in [5, 5.41) is 3.37. The highest BCUT2D eigenvalue weighted by atomic mass is 32.2. The second-order valence-electron chi connectivity index (χ2n) is 6.00. The first kappa shape index (κ1) is 17.2. The number of hydrogen-bond donors (Lipinski definition) is 1. The van der Waals surface area contributed by atoms with Gasteiger partial charge in [0.1, 0.15) is 5.82 Å². The zero-order chi connectivity index (χ0) is 17.9. The van der Waals surface area contributed by atoms with Crippen LogP contribution in [0.2, 0.25) is 0 Å². The van der Waals surface area contributed by atoms with E-state index in [1.807, 2.05) is 37.3 Å². The quantitative estimate of drug-likeness (QED) is 0.752. The molecule has 5 heteroatoms. The monoisotopic (exact) mass is 352 g/mol. The lowest BCUT2D eigenvalue weighted by molar-refractivity contribution is 0.602. The van der Waals surface area contributed by atoms with E-state index in [1.54, 1.807) is 24.3 Å². The van der Waals surface area contributed by atoms with Gasteiger partial charge in [0.2, 0.25) is 0 Å². The average molecular weight is 352 g/mol. The standard InChI is InChI=1S/C20H20N2O2S/c1-15-8-13-19(17-9-11-18(12-10-17)25(2,23)24)22-20(15)21-14-16-6-4-3-5-7-16/h3-13H,14H2,1-2H3,(H,21,22). The lowest BCUT2D eigenvalue weighted by Crippen LogP contribution is -2.04. The van der Waals surface area contributed by atoms with Gasteiger partial charge in [-0.15, -0.1) is 0 Å². The molecule has 2 aromatic carbocycles. The average Bonchev–Trinajstić information content (AvgIpc) is 2.61. The molecule has 0 atom stereocenters. The summed E-state index contributed by atoms with van der Waals surface area (Å²) in [4.78, 5) is 5.00. The zero-order valence-electron chi connectivity index (χ0n) is 14.2. The van der Waals surface area contributed by atoms with Crippen LogP contribution in [0.25, 0.3) is 11.3 Å². The third-order valence-electron chi connectivity index (χ3n) is 3.98. The molecule has 0 radical (unpaired) electrons. The van der Waals surface area contributed by atoms with Gasteiger partial charge >= 0.3 is 0 Å². The molecule has 0 aliphatic rings. The van der Waals surface area contributed by atoms with Crippen LogP contribution in [0.4, 0.5) is 5.82 Å². The van der Waals surface area contributed by atoms with E-state index in [2.05, 4.69) is 22.4 Å². The maximum atomic E-state index is 11.6. The molecule has 3 aromatic rings. The Balaban J connectivity index is 1.83. The van der Waals surface area contributed by atoms with E-state index in [0.29, 0.717) is 11.4 Å². The summed E-state index contributed by atoms with van der Waals surface area (Å²) in [6, 6.07) is 20.9. The molecule has 128 valence electrons. The fourth-order valence-corrected chi connectivity index (χ4v) is 3.15. The molecule has 0 unspecified atom stereocenters. The fraction of sp³-hybridized carbons (Fsp3) is 0.150. The van der Waals surface area contributed by atoms with Gasteiger partial charge in [0, 0.05) is 18.4 Å². The smallest absolute Gasteiger partial charge is 0.175 e. The van der Waals surface area contributed by atoms with E-state index in [-0.39, 0.29) is 0 Å². The van der Waals surface area contributed by atoms with Crippen LogP contribution in [0.5, 0.6) is 0 Å². The van der Waals surface area contributed by atoms with Crippen LogP contribution in [0.3, 0.4) is 0 Å². The number of hydrogen-bond acceptors (Lipinski definition) is 4. The van der Waals surface area contributed by atoms with E-state index in [0.717, 1.165) is 22.6 Å². The highest BCUT2D eigenvalue weighted by molar-refractivity contribution is 7.90. The molecule has 1 aromatic heterocycles. The maximum absolute atomic E-state index is 11.6. The lowest BCUT2D eigenvalue weighted by atomic mass is 10.1. The third kappa shape index (κ3) is 4.25. The minimum Gasteiger partial charge on any atom is -0.366 e. The van der Waals surface area contributed by atoms with Crippen molar-refractivity contribution in [2.75, 3.05) is 11.6 Å². The van der Waals surface area contributed by atoms with E-state index < -0.39 is 9.84 Å². The van der Waals surface area contributed by atoms with Gasteiger partial charge in [-0.1, -0.05) is 48.5 Å². The maximum Gasteiger partial charge on any atom is 0.175 e. The molecule has 0 saturated heterocycles. The number of nitrogens with zero attached hydrogens (tertiary/aromatic N) is 1. The number of aryl methyl sites for hydroxylation is 1. The van der Waals surface area contributed by atoms with Crippen LogP contribution in [-0.2, 0) is 16.4 Å². The van der Waals surface area contributed by atoms with Crippen LogP contribution in [-0.4, -0.2) is 19.7 Å². The Labute approximate surface area is 148 Å². The lowest BCUT2D eigenvalue weighted by Gasteiger charge is -2.11. The van der Waals surface area contributed by atoms with E-state index in [9.17, 15) is 8.42 Å². The van der Waals surface area contributed by atoms with Crippen LogP contribution in [0.1, 0.15) is 11.1 Å². The number of aromatic nitrogens is 1. The van der Waals surface area contributed by atoms with Crippen LogP contribution < -0.4 is 5.32 Å². The first-order chi connectivity index (χ1) is 11.9. The van der Waals surface area contributed by atoms with Crippen molar-refractivity contribution in [1.82, 2.24) is 4.98 Å². The number of pyridine rings is 1. The van der Waals surface area contributed by atoms with Crippen LogP contribution in [0, 0.1) is 6.92 Å². The first-order valence-corrected chi connectivity index (χ1v) is 9.88. The highest BCUT2D eigenvalue weighted by Crippen LogP contribution is 2.23. The van der Waals surface area contributed by atoms with Gasteiger partial charge in [0.15, 0.2) is 9.84 Å². The molecule has 3 rings (SSSR count). The van der Waals surface area contributed by atoms with Crippen molar-refractivity contribution in [1.29, 1.82) is 0 Å². The second kappa shape index (κ2) is 7.07. The summed E-state index contributed by atoms with van der Waals surface area (Å²) in [5.74, 6) is 0.827. The van der Waals surface area contributed by atoms with E-state index in [4.69, 9.17) is 0 Å². The van der Waals surface area contributed by atoms with Gasteiger partial charge in [-0.25, -0.2) is 13.4 Å². The Morgan fingerprint density at radius 1 is 0.920 bits per heavy atom. The summed E-state index contributed by atoms with van der Waals surface area (Å²) >= 11 is 0. The molecule has 0 bridgehead atoms. The number of rotatable bonds is 5. The molecule has 0 saturated carbocycles. The molecule has 0 aliphatic carbocycles. The predicted molar refractivity (Wildman–Crippen MR) is 101 cm³/mol. The van der Waals surface area contributed by atoms with E-state index in [1.165, 1.54) is 11.8 Å². The summed E-state index contributed by atoms with van der Waals surface area (Å²) in [6.45, 7) is 2.71. The first-order valence-electron chi connectivity index (χ1n) is 7.99. The Morgan fingerprint density at radius 2 is 1.60 bits per heavy atom. The molecule has 4 nitrogen and oxygen atoms in total. The van der Waals surface area contributed by atoms with Crippen molar-refractivity contribution < 1.29 is 8.42 Å². The fourth-order valence-electron chi connectivity index (χ4n) is 2.52. The van der Waals surface area contributed by atoms with Crippen LogP contribution >= 0.6 is 0 Å². The minimum atomic E-state index is -3.19. The SMILES string of the molecule is Cc1ccc(-c2ccc(S(C)(=O)=O)cc2)nc1NCc1ccccc1. The van der Waals surface area contributed by atoms with Crippen molar-refractivity contribution in [2.45, 2.75) is 18.4 Å². The predicted octanol–water partition coefficient (Wildman–Crippen LogP) is 4.07. The zero-order valence-corrected chi connectivity index (χ0v) is 15.0. The molecule has 1 N–H and O–H groups in total. The summed E-state index contributed by atoms with van der Waals surface area (Å²) in [6.07, 6.45) is 1.21. The number of benzene rings is 2. The van der Waals surface area contributed by atoms with Gasteiger partial charge in [-0.2, -0.15) is 0 Å². The van der Waals surface area contributed by atoms with Crippen molar-refractivity contribution >= 4 is 15.7 Å². The van der Waals surface area contributed by atoms with Crippen molar-refractivity contribution in [3.8, 4) is 11.3 Å². The molecule has 0 amide bonds. The Bertz CT molecular complexity index is 966. The molecule has 25 heavy (non-hydrogen) atoms. The summed E-state index contributed by atoms with van der Waals surface area (Å²) < 4.78 is 23.1. The van der Waals surface area contributed by atoms with Crippen molar-refractivity contribution in [3.05, 3.63) is 77.9 Å². The van der Waals surface area contributed by atoms with E-state index >= 15 is 0 Å². The molecular weight excluding hydrogens is 332 g/mol. The Kier molecular flexibility index (Phi) is 4.86. The van der Waals surface area contributed by atoms with Crippen molar-refractivity contribution in [2.24, 2.45) is 0 Å². The Hall–Kier alpha value is -2.66. The third-order valence-corrected chi connectivity index (χ3v) is 5.11. The molecule has 0 spiro atoms. The van der Waals surface area contributed by atoms with Gasteiger partial charge < -0.3 is 5.32 Å². The second-order valence-corrected chi connectivity index (χ2v) is 8.01. The molecular formula is C20H20N2O2S. The molecule has 0 fully saturated rings. The minimum absolute atomic E-state index is 0.311. The molecule has 0 aliphatic heterocycles. The summed E-state index contributed by atoms with van der Waals surface area (Å²) in [7, 11) is -3.19. The number of nitrogens with one attached hydrogen (secondary N) is 1. The normalized spacial score (nSPS) is 11.3. The van der Waals surface area contributed by atoms with Gasteiger partial charge in [-0.05, 0) is 36.2 Å². The van der Waals surface area contributed by atoms with Gasteiger partial charge in [-0.3, -0.25) is 0 Å². The van der Waals surface area contributed by atoms with Crippen molar-refractivity contribution in [3.63, 3.8) is 0 Å². The highest BCUT2D eigenvalue weighted by Gasteiger charge is 2.09.